The molecule has 0 saturated heterocycles. The molecule has 0 atom stereocenters. The summed E-state index contributed by atoms with van der Waals surface area (Å²) in [6.07, 6.45) is -0.496. The molecule has 0 unspecified atom stereocenters. The summed E-state index contributed by atoms with van der Waals surface area (Å²) >= 11 is 12.0. The van der Waals surface area contributed by atoms with Gasteiger partial charge in [-0.05, 0) is 36.4 Å². The fourth-order valence-corrected chi connectivity index (χ4v) is 2.23. The van der Waals surface area contributed by atoms with Crippen LogP contribution in [-0.2, 0) is 4.79 Å². The van der Waals surface area contributed by atoms with Gasteiger partial charge in [0.05, 0.1) is 10.0 Å². The summed E-state index contributed by atoms with van der Waals surface area (Å²) < 4.78 is 37.3. The molecule has 162 valence electrons. The molecule has 7 nitrogen and oxygen atoms in total. The van der Waals surface area contributed by atoms with E-state index in [4.69, 9.17) is 37.8 Å². The molecule has 0 spiro atoms. The third kappa shape index (κ3) is 7.76. The minimum absolute atomic E-state index is 0.249. The van der Waals surface area contributed by atoms with Crippen LogP contribution in [0, 0.1) is 0 Å². The van der Waals surface area contributed by atoms with Crippen molar-refractivity contribution in [2.24, 2.45) is 0 Å². The second-order valence-electron chi connectivity index (χ2n) is 5.55. The Morgan fingerprint density at radius 2 is 1.68 bits per heavy atom. The number of carboxylic acid groups (broad SMARTS) is 1. The van der Waals surface area contributed by atoms with E-state index in [-0.39, 0.29) is 5.91 Å². The first-order valence-corrected chi connectivity index (χ1v) is 8.92. The van der Waals surface area contributed by atoms with Crippen molar-refractivity contribution in [1.29, 1.82) is 0 Å². The van der Waals surface area contributed by atoms with Gasteiger partial charge in [-0.15, -0.1) is 0 Å². The van der Waals surface area contributed by atoms with Gasteiger partial charge >= 0.3 is 12.1 Å². The molecule has 0 aliphatic heterocycles. The van der Waals surface area contributed by atoms with Gasteiger partial charge in [-0.25, -0.2) is 9.78 Å². The Bertz CT molecular complexity index is 1050. The van der Waals surface area contributed by atoms with Gasteiger partial charge in [-0.3, -0.25) is 9.78 Å². The Labute approximate surface area is 183 Å². The third-order valence-electron chi connectivity index (χ3n) is 3.29. The largest absolute Gasteiger partial charge is 0.490 e. The molecule has 2 N–H and O–H groups in total. The molecule has 0 radical (unpaired) electrons. The molecule has 0 saturated carbocycles. The molecule has 2 heterocycles. The molecule has 0 bridgehead atoms. The highest BCUT2D eigenvalue weighted by molar-refractivity contribution is 6.32. The van der Waals surface area contributed by atoms with Crippen molar-refractivity contribution >= 4 is 40.8 Å². The number of pyridine rings is 2. The number of hydrogen-bond donors (Lipinski definition) is 2. The van der Waals surface area contributed by atoms with Gasteiger partial charge in [0.25, 0.3) is 5.91 Å². The zero-order valence-corrected chi connectivity index (χ0v) is 16.7. The van der Waals surface area contributed by atoms with Crippen molar-refractivity contribution in [3.05, 3.63) is 76.7 Å². The highest BCUT2D eigenvalue weighted by atomic mass is 35.5. The lowest BCUT2D eigenvalue weighted by molar-refractivity contribution is -0.192. The van der Waals surface area contributed by atoms with E-state index < -0.39 is 12.1 Å². The summed E-state index contributed by atoms with van der Waals surface area (Å²) in [7, 11) is 0. The first-order valence-electron chi connectivity index (χ1n) is 8.16. The van der Waals surface area contributed by atoms with Crippen LogP contribution in [0.25, 0.3) is 0 Å². The number of aliphatic carboxylic acids is 1. The van der Waals surface area contributed by atoms with Crippen LogP contribution in [-0.4, -0.2) is 33.1 Å². The van der Waals surface area contributed by atoms with E-state index in [1.165, 1.54) is 6.20 Å². The van der Waals surface area contributed by atoms with Crippen LogP contribution in [0.3, 0.4) is 0 Å². The number of aromatic nitrogens is 2. The van der Waals surface area contributed by atoms with E-state index in [1.807, 2.05) is 0 Å². The summed E-state index contributed by atoms with van der Waals surface area (Å²) in [5, 5.41) is 10.7. The monoisotopic (exact) mass is 473 g/mol. The molecule has 31 heavy (non-hydrogen) atoms. The van der Waals surface area contributed by atoms with Crippen LogP contribution in [0.5, 0.6) is 11.6 Å². The van der Waals surface area contributed by atoms with E-state index in [0.29, 0.717) is 32.9 Å². The fourth-order valence-electron chi connectivity index (χ4n) is 1.90. The van der Waals surface area contributed by atoms with Crippen molar-refractivity contribution < 1.29 is 32.6 Å². The Hall–Kier alpha value is -3.37. The van der Waals surface area contributed by atoms with Gasteiger partial charge in [0.15, 0.2) is 0 Å². The first kappa shape index (κ1) is 23.9. The molecule has 0 aliphatic rings. The SMILES string of the molecule is O=C(Nc1ccc(Oc2ccc(Cl)cn2)c(Cl)c1)c1ccncc1.O=C(O)C(F)(F)F. The number of carbonyl (C=O) groups excluding carboxylic acids is 1. The lowest BCUT2D eigenvalue weighted by atomic mass is 10.2. The predicted molar refractivity (Wildman–Crippen MR) is 107 cm³/mol. The Morgan fingerprint density at radius 3 is 2.19 bits per heavy atom. The number of nitrogens with one attached hydrogen (secondary N) is 1. The summed E-state index contributed by atoms with van der Waals surface area (Å²) in [5.74, 6) is -2.21. The number of carbonyl (C=O) groups is 2. The van der Waals surface area contributed by atoms with Gasteiger partial charge in [0.1, 0.15) is 5.75 Å². The summed E-state index contributed by atoms with van der Waals surface area (Å²) in [6, 6.07) is 11.5. The second-order valence-corrected chi connectivity index (χ2v) is 6.40. The standard InChI is InChI=1S/C17H11Cl2N3O2.C2HF3O2/c18-12-1-4-16(21-10-12)24-15-3-2-13(9-14(15)19)22-17(23)11-5-7-20-8-6-11;3-2(4,5)1(6)7/h1-10H,(H,22,23);(H,6,7). The van der Waals surface area contributed by atoms with Gasteiger partial charge in [0, 0.05) is 35.9 Å². The molecular formula is C19H12Cl2F3N3O4. The van der Waals surface area contributed by atoms with E-state index >= 15 is 0 Å². The maximum Gasteiger partial charge on any atom is 0.490 e. The number of alkyl halides is 3. The van der Waals surface area contributed by atoms with Crippen molar-refractivity contribution in [3.63, 3.8) is 0 Å². The third-order valence-corrected chi connectivity index (χ3v) is 3.81. The van der Waals surface area contributed by atoms with E-state index in [2.05, 4.69) is 15.3 Å². The summed E-state index contributed by atoms with van der Waals surface area (Å²) in [4.78, 5) is 28.9. The van der Waals surface area contributed by atoms with Crippen molar-refractivity contribution in [1.82, 2.24) is 9.97 Å². The van der Waals surface area contributed by atoms with Crippen LogP contribution in [0.4, 0.5) is 18.9 Å². The van der Waals surface area contributed by atoms with Gasteiger partial charge in [0.2, 0.25) is 5.88 Å². The van der Waals surface area contributed by atoms with Crippen molar-refractivity contribution in [2.45, 2.75) is 6.18 Å². The Morgan fingerprint density at radius 1 is 1.03 bits per heavy atom. The van der Waals surface area contributed by atoms with Gasteiger partial charge < -0.3 is 15.2 Å². The lowest BCUT2D eigenvalue weighted by Gasteiger charge is -2.09. The molecule has 0 fully saturated rings. The number of hydrogen-bond acceptors (Lipinski definition) is 5. The second kappa shape index (κ2) is 10.6. The number of amides is 1. The van der Waals surface area contributed by atoms with Gasteiger partial charge in [-0.1, -0.05) is 23.2 Å². The zero-order valence-electron chi connectivity index (χ0n) is 15.2. The number of anilines is 1. The Balaban J connectivity index is 0.000000423. The topological polar surface area (TPSA) is 101 Å². The van der Waals surface area contributed by atoms with Crippen LogP contribution in [0.15, 0.2) is 61.1 Å². The number of rotatable bonds is 4. The fraction of sp³-hybridized carbons (Fsp3) is 0.0526. The molecule has 3 aromatic rings. The van der Waals surface area contributed by atoms with E-state index in [9.17, 15) is 18.0 Å². The molecule has 12 heteroatoms. The molecule has 2 aromatic heterocycles. The molecule has 0 aliphatic carbocycles. The quantitative estimate of drug-likeness (QED) is 0.521. The average molecular weight is 474 g/mol. The first-order chi connectivity index (χ1) is 14.6. The number of nitrogens with zero attached hydrogens (tertiary/aromatic N) is 2. The highest BCUT2D eigenvalue weighted by Gasteiger charge is 2.38. The normalized spacial score (nSPS) is 10.5. The molecule has 3 rings (SSSR count). The van der Waals surface area contributed by atoms with Crippen molar-refractivity contribution in [2.75, 3.05) is 5.32 Å². The van der Waals surface area contributed by atoms with E-state index in [0.717, 1.165) is 0 Å². The van der Waals surface area contributed by atoms with Gasteiger partial charge in [-0.2, -0.15) is 13.2 Å². The lowest BCUT2D eigenvalue weighted by Crippen LogP contribution is -2.21. The molecule has 1 aromatic carbocycles. The van der Waals surface area contributed by atoms with E-state index in [1.54, 1.807) is 54.9 Å². The highest BCUT2D eigenvalue weighted by Crippen LogP contribution is 2.31. The molecular weight excluding hydrogens is 462 g/mol. The number of carboxylic acids is 1. The van der Waals surface area contributed by atoms with Crippen LogP contribution in [0.1, 0.15) is 10.4 Å². The predicted octanol–water partition coefficient (Wildman–Crippen LogP) is 5.46. The zero-order chi connectivity index (χ0) is 23.0. The van der Waals surface area contributed by atoms with Crippen LogP contribution in [0.2, 0.25) is 10.0 Å². The Kier molecular flexibility index (Phi) is 8.17. The smallest absolute Gasteiger partial charge is 0.475 e. The maximum atomic E-state index is 12.1. The van der Waals surface area contributed by atoms with Crippen LogP contribution >= 0.6 is 23.2 Å². The number of benzene rings is 1. The maximum absolute atomic E-state index is 12.1. The summed E-state index contributed by atoms with van der Waals surface area (Å²) in [5.41, 5.74) is 1.06. The minimum Gasteiger partial charge on any atom is -0.475 e. The number of ether oxygens (including phenoxy) is 1. The molecule has 1 amide bonds. The summed E-state index contributed by atoms with van der Waals surface area (Å²) in [6.45, 7) is 0. The number of halogens is 5. The van der Waals surface area contributed by atoms with Crippen molar-refractivity contribution in [3.8, 4) is 11.6 Å². The average Bonchev–Trinajstić information content (AvgIpc) is 2.72. The minimum atomic E-state index is -5.08. The van der Waals surface area contributed by atoms with Crippen LogP contribution < -0.4 is 10.1 Å².